The molecule has 132 valence electrons. The van der Waals surface area contributed by atoms with Crippen molar-refractivity contribution in [2.75, 3.05) is 6.61 Å². The molecular formula is C19H29N3O2. The second-order valence-electron chi connectivity index (χ2n) is 8.09. The Hall–Kier alpha value is -1.62. The average Bonchev–Trinajstić information content (AvgIpc) is 2.82. The van der Waals surface area contributed by atoms with Gasteiger partial charge in [0, 0.05) is 19.7 Å². The molecule has 1 aliphatic heterocycles. The standard InChI is InChI=1S/C19H29N3O2/c1-12(2)8-14-17(19(14,3)4)18(23)21-13-6-7-24-16(9-13)15-10-20-11-22(15)5/h8,10-11,13-14,16-17H,6-7,9H2,1-5H3,(H,21,23). The van der Waals surface area contributed by atoms with Crippen molar-refractivity contribution < 1.29 is 9.53 Å². The van der Waals surface area contributed by atoms with Gasteiger partial charge in [0.25, 0.3) is 0 Å². The lowest BCUT2D eigenvalue weighted by Gasteiger charge is -2.30. The fraction of sp³-hybridized carbons (Fsp3) is 0.684. The molecule has 2 fully saturated rings. The van der Waals surface area contributed by atoms with Crippen molar-refractivity contribution >= 4 is 5.91 Å². The summed E-state index contributed by atoms with van der Waals surface area (Å²) in [6.07, 6.45) is 7.58. The van der Waals surface area contributed by atoms with E-state index in [1.807, 2.05) is 17.8 Å². The van der Waals surface area contributed by atoms with Crippen LogP contribution in [0.3, 0.4) is 0 Å². The molecule has 4 unspecified atom stereocenters. The van der Waals surface area contributed by atoms with Gasteiger partial charge >= 0.3 is 0 Å². The van der Waals surface area contributed by atoms with Gasteiger partial charge in [-0.2, -0.15) is 0 Å². The fourth-order valence-electron chi connectivity index (χ4n) is 3.95. The second kappa shape index (κ2) is 6.36. The van der Waals surface area contributed by atoms with Crippen molar-refractivity contribution in [1.82, 2.24) is 14.9 Å². The van der Waals surface area contributed by atoms with E-state index >= 15 is 0 Å². The van der Waals surface area contributed by atoms with E-state index < -0.39 is 0 Å². The topological polar surface area (TPSA) is 56.1 Å². The van der Waals surface area contributed by atoms with Gasteiger partial charge in [-0.1, -0.05) is 25.5 Å². The first-order valence-electron chi connectivity index (χ1n) is 8.84. The van der Waals surface area contributed by atoms with Crippen molar-refractivity contribution in [3.63, 3.8) is 0 Å². The number of hydrogen-bond donors (Lipinski definition) is 1. The van der Waals surface area contributed by atoms with Gasteiger partial charge in [0.2, 0.25) is 5.91 Å². The Balaban J connectivity index is 1.61. The van der Waals surface area contributed by atoms with E-state index in [1.165, 1.54) is 5.57 Å². The van der Waals surface area contributed by atoms with Gasteiger partial charge in [-0.25, -0.2) is 4.98 Å². The molecule has 0 bridgehead atoms. The summed E-state index contributed by atoms with van der Waals surface area (Å²) in [6.45, 7) is 9.24. The van der Waals surface area contributed by atoms with Crippen LogP contribution < -0.4 is 5.32 Å². The van der Waals surface area contributed by atoms with Crippen molar-refractivity contribution in [3.05, 3.63) is 29.9 Å². The molecule has 5 nitrogen and oxygen atoms in total. The minimum atomic E-state index is 0.0114. The third kappa shape index (κ3) is 3.27. The molecule has 1 amide bonds. The van der Waals surface area contributed by atoms with Crippen LogP contribution in [-0.2, 0) is 16.6 Å². The number of aromatic nitrogens is 2. The van der Waals surface area contributed by atoms with Gasteiger partial charge in [-0.15, -0.1) is 0 Å². The smallest absolute Gasteiger partial charge is 0.224 e. The third-order valence-electron chi connectivity index (χ3n) is 5.52. The zero-order chi connectivity index (χ0) is 17.5. The molecule has 0 radical (unpaired) electrons. The number of nitrogens with zero attached hydrogens (tertiary/aromatic N) is 2. The second-order valence-corrected chi connectivity index (χ2v) is 8.09. The molecule has 24 heavy (non-hydrogen) atoms. The van der Waals surface area contributed by atoms with E-state index in [4.69, 9.17) is 4.74 Å². The number of imidazole rings is 1. The SMILES string of the molecule is CC(C)=CC1C(C(=O)NC2CCOC(c3cncn3C)C2)C1(C)C. The summed E-state index contributed by atoms with van der Waals surface area (Å²) in [6, 6.07) is 0.176. The highest BCUT2D eigenvalue weighted by Gasteiger charge is 2.60. The molecule has 0 spiro atoms. The van der Waals surface area contributed by atoms with E-state index in [1.54, 1.807) is 6.33 Å². The van der Waals surface area contributed by atoms with Gasteiger partial charge in [0.1, 0.15) is 6.10 Å². The summed E-state index contributed by atoms with van der Waals surface area (Å²) < 4.78 is 7.87. The zero-order valence-electron chi connectivity index (χ0n) is 15.4. The van der Waals surface area contributed by atoms with E-state index in [0.717, 1.165) is 18.5 Å². The highest BCUT2D eigenvalue weighted by molar-refractivity contribution is 5.84. The number of allylic oxidation sites excluding steroid dienone is 2. The van der Waals surface area contributed by atoms with Gasteiger partial charge in [0.05, 0.1) is 24.1 Å². The first kappa shape index (κ1) is 17.2. The number of aryl methyl sites for hydroxylation is 1. The number of nitrogens with one attached hydrogen (secondary N) is 1. The lowest BCUT2D eigenvalue weighted by molar-refractivity contribution is -0.125. The molecule has 1 N–H and O–H groups in total. The summed E-state index contributed by atoms with van der Waals surface area (Å²) in [4.78, 5) is 16.9. The Morgan fingerprint density at radius 3 is 2.83 bits per heavy atom. The lowest BCUT2D eigenvalue weighted by Crippen LogP contribution is -2.41. The van der Waals surface area contributed by atoms with Crippen LogP contribution in [0, 0.1) is 17.3 Å². The molecule has 1 saturated carbocycles. The molecular weight excluding hydrogens is 302 g/mol. The van der Waals surface area contributed by atoms with Crippen LogP contribution in [0.1, 0.15) is 52.3 Å². The van der Waals surface area contributed by atoms with Crippen LogP contribution in [0.5, 0.6) is 0 Å². The van der Waals surface area contributed by atoms with E-state index in [0.29, 0.717) is 12.5 Å². The monoisotopic (exact) mass is 331 g/mol. The number of amides is 1. The maximum absolute atomic E-state index is 12.7. The number of rotatable bonds is 4. The van der Waals surface area contributed by atoms with Crippen molar-refractivity contribution in [1.29, 1.82) is 0 Å². The number of hydrogen-bond acceptors (Lipinski definition) is 3. The summed E-state index contributed by atoms with van der Waals surface area (Å²) in [5, 5.41) is 3.27. The maximum atomic E-state index is 12.7. The molecule has 1 aromatic rings. The first-order chi connectivity index (χ1) is 11.3. The molecule has 5 heteroatoms. The fourth-order valence-corrected chi connectivity index (χ4v) is 3.95. The Labute approximate surface area is 144 Å². The van der Waals surface area contributed by atoms with Crippen LogP contribution in [0.2, 0.25) is 0 Å². The molecule has 3 rings (SSSR count). The predicted octanol–water partition coefficient (Wildman–Crippen LogP) is 2.99. The van der Waals surface area contributed by atoms with Crippen LogP contribution in [0.15, 0.2) is 24.2 Å². The normalized spacial score (nSPS) is 31.4. The molecule has 1 saturated heterocycles. The Kier molecular flexibility index (Phi) is 4.56. The highest BCUT2D eigenvalue weighted by Crippen LogP contribution is 2.59. The summed E-state index contributed by atoms with van der Waals surface area (Å²) in [7, 11) is 1.98. The predicted molar refractivity (Wildman–Crippen MR) is 93.3 cm³/mol. The van der Waals surface area contributed by atoms with E-state index in [9.17, 15) is 4.79 Å². The lowest BCUT2D eigenvalue weighted by atomic mass is 10.0. The Bertz CT molecular complexity index is 643. The zero-order valence-corrected chi connectivity index (χ0v) is 15.4. The highest BCUT2D eigenvalue weighted by atomic mass is 16.5. The average molecular weight is 331 g/mol. The summed E-state index contributed by atoms with van der Waals surface area (Å²) >= 11 is 0. The minimum absolute atomic E-state index is 0.0114. The van der Waals surface area contributed by atoms with Crippen LogP contribution in [-0.4, -0.2) is 28.1 Å². The van der Waals surface area contributed by atoms with Gasteiger partial charge < -0.3 is 14.6 Å². The quantitative estimate of drug-likeness (QED) is 0.863. The van der Waals surface area contributed by atoms with Gasteiger partial charge in [-0.3, -0.25) is 4.79 Å². The maximum Gasteiger partial charge on any atom is 0.224 e. The largest absolute Gasteiger partial charge is 0.372 e. The summed E-state index contributed by atoms with van der Waals surface area (Å²) in [5.41, 5.74) is 2.42. The molecule has 1 aliphatic carbocycles. The summed E-state index contributed by atoms with van der Waals surface area (Å²) in [5.74, 6) is 0.638. The van der Waals surface area contributed by atoms with Crippen LogP contribution in [0.4, 0.5) is 0 Å². The van der Waals surface area contributed by atoms with Gasteiger partial charge in [0.15, 0.2) is 0 Å². The van der Waals surface area contributed by atoms with E-state index in [-0.39, 0.29) is 29.4 Å². The number of carbonyl (C=O) groups is 1. The van der Waals surface area contributed by atoms with Crippen LogP contribution in [0.25, 0.3) is 0 Å². The minimum Gasteiger partial charge on any atom is -0.372 e. The van der Waals surface area contributed by atoms with Crippen molar-refractivity contribution in [2.24, 2.45) is 24.3 Å². The Morgan fingerprint density at radius 2 is 2.21 bits per heavy atom. The first-order valence-corrected chi connectivity index (χ1v) is 8.84. The van der Waals surface area contributed by atoms with Crippen molar-refractivity contribution in [3.8, 4) is 0 Å². The molecule has 2 heterocycles. The molecule has 2 aliphatic rings. The van der Waals surface area contributed by atoms with Gasteiger partial charge in [-0.05, 0) is 38.0 Å². The molecule has 1 aromatic heterocycles. The number of ether oxygens (including phenoxy) is 1. The Morgan fingerprint density at radius 1 is 1.46 bits per heavy atom. The van der Waals surface area contributed by atoms with E-state index in [2.05, 4.69) is 44.1 Å². The molecule has 0 aromatic carbocycles. The number of carbonyl (C=O) groups excluding carboxylic acids is 1. The third-order valence-corrected chi connectivity index (χ3v) is 5.52. The van der Waals surface area contributed by atoms with Crippen LogP contribution >= 0.6 is 0 Å². The van der Waals surface area contributed by atoms with Crippen molar-refractivity contribution in [2.45, 2.75) is 52.7 Å². The molecule has 4 atom stereocenters.